The summed E-state index contributed by atoms with van der Waals surface area (Å²) >= 11 is 1.89. The van der Waals surface area contributed by atoms with Gasteiger partial charge in [0.05, 0.1) is 1.37 Å². The highest BCUT2D eigenvalue weighted by Gasteiger charge is 2.19. The molecule has 0 aliphatic carbocycles. The maximum atomic E-state index is 7.98. The maximum Gasteiger partial charge on any atom is 0.0623 e. The number of hydrogen-bond donors (Lipinski definition) is 0. The number of fused-ring (bicyclic) bond motifs is 6. The zero-order chi connectivity index (χ0) is 33.2. The monoisotopic (exact) mass is 639 g/mol. The van der Waals surface area contributed by atoms with Gasteiger partial charge in [-0.25, -0.2) is 0 Å². The Morgan fingerprint density at radius 3 is 1.65 bits per heavy atom. The molecule has 1 heterocycles. The van der Waals surface area contributed by atoms with Crippen LogP contribution in [0.4, 0.5) is 0 Å². The van der Waals surface area contributed by atoms with E-state index in [0.717, 1.165) is 10.8 Å². The molecule has 0 atom stereocenters. The minimum Gasteiger partial charge on any atom is -0.135 e. The van der Waals surface area contributed by atoms with Gasteiger partial charge < -0.3 is 0 Å². The summed E-state index contributed by atoms with van der Waals surface area (Å²) in [6.07, 6.45) is 0. The summed E-state index contributed by atoms with van der Waals surface area (Å²) in [4.78, 5) is 0. The SMILES string of the molecule is [2H]c1ccc2cc(-c3ccc(-c4c5ccccc5c(-c5cc(-c6ccccc6)c6sc7ccccc7c6c5)c5ccccc45)cc3)ccc2c1. The van der Waals surface area contributed by atoms with Gasteiger partial charge in [-0.1, -0.05) is 158 Å². The Morgan fingerprint density at radius 2 is 0.939 bits per heavy atom. The highest BCUT2D eigenvalue weighted by atomic mass is 32.1. The van der Waals surface area contributed by atoms with Crippen molar-refractivity contribution >= 4 is 63.8 Å². The van der Waals surface area contributed by atoms with Crippen molar-refractivity contribution in [1.82, 2.24) is 0 Å². The minimum absolute atomic E-state index is 0.539. The van der Waals surface area contributed by atoms with Crippen LogP contribution in [0, 0.1) is 0 Å². The summed E-state index contributed by atoms with van der Waals surface area (Å²) in [7, 11) is 0. The molecular formula is C48H30S. The molecule has 0 saturated carbocycles. The van der Waals surface area contributed by atoms with Gasteiger partial charge in [0, 0.05) is 25.7 Å². The van der Waals surface area contributed by atoms with Crippen LogP contribution in [0.5, 0.6) is 0 Å². The van der Waals surface area contributed by atoms with E-state index in [0.29, 0.717) is 6.04 Å². The van der Waals surface area contributed by atoms with Crippen LogP contribution in [0.2, 0.25) is 0 Å². The molecular weight excluding hydrogens is 609 g/mol. The topological polar surface area (TPSA) is 0 Å². The van der Waals surface area contributed by atoms with Gasteiger partial charge in [0.2, 0.25) is 0 Å². The van der Waals surface area contributed by atoms with Gasteiger partial charge in [-0.3, -0.25) is 0 Å². The summed E-state index contributed by atoms with van der Waals surface area (Å²) < 4.78 is 10.6. The predicted octanol–water partition coefficient (Wildman–Crippen LogP) is 14.2. The quantitative estimate of drug-likeness (QED) is 0.168. The third-order valence-corrected chi connectivity index (χ3v) is 11.2. The van der Waals surface area contributed by atoms with E-state index in [1.807, 2.05) is 29.5 Å². The van der Waals surface area contributed by atoms with E-state index >= 15 is 0 Å². The molecule has 0 bridgehead atoms. The number of hydrogen-bond acceptors (Lipinski definition) is 1. The summed E-state index contributed by atoms with van der Waals surface area (Å²) in [6, 6.07) is 64.2. The molecule has 0 unspecified atom stereocenters. The fourth-order valence-electron chi connectivity index (χ4n) is 7.69. The van der Waals surface area contributed by atoms with Crippen molar-refractivity contribution in [2.75, 3.05) is 0 Å². The van der Waals surface area contributed by atoms with Crippen LogP contribution in [0.25, 0.3) is 97.0 Å². The zero-order valence-electron chi connectivity index (χ0n) is 27.7. The third-order valence-electron chi connectivity index (χ3n) is 9.97. The van der Waals surface area contributed by atoms with Gasteiger partial charge in [0.15, 0.2) is 0 Å². The van der Waals surface area contributed by atoms with Crippen molar-refractivity contribution in [3.63, 3.8) is 0 Å². The van der Waals surface area contributed by atoms with E-state index in [-0.39, 0.29) is 0 Å². The van der Waals surface area contributed by atoms with E-state index in [4.69, 9.17) is 1.37 Å². The molecule has 10 rings (SSSR count). The van der Waals surface area contributed by atoms with Crippen molar-refractivity contribution < 1.29 is 1.37 Å². The predicted molar refractivity (Wildman–Crippen MR) is 214 cm³/mol. The lowest BCUT2D eigenvalue weighted by Crippen LogP contribution is -1.91. The van der Waals surface area contributed by atoms with Gasteiger partial charge in [-0.2, -0.15) is 0 Å². The average molecular weight is 640 g/mol. The molecule has 0 aliphatic rings. The van der Waals surface area contributed by atoms with Crippen LogP contribution in [0.1, 0.15) is 1.37 Å². The summed E-state index contributed by atoms with van der Waals surface area (Å²) in [5.74, 6) is 0. The second-order valence-electron chi connectivity index (χ2n) is 12.8. The molecule has 0 aliphatic heterocycles. The number of benzene rings is 9. The van der Waals surface area contributed by atoms with Gasteiger partial charge in [0.1, 0.15) is 0 Å². The Balaban J connectivity index is 1.20. The second kappa shape index (κ2) is 11.3. The Morgan fingerprint density at radius 1 is 0.347 bits per heavy atom. The van der Waals surface area contributed by atoms with Crippen molar-refractivity contribution in [3.8, 4) is 44.5 Å². The Labute approximate surface area is 290 Å². The molecule has 0 spiro atoms. The molecule has 1 aromatic heterocycles. The fourth-order valence-corrected chi connectivity index (χ4v) is 8.91. The number of rotatable bonds is 4. The molecule has 0 N–H and O–H groups in total. The van der Waals surface area contributed by atoms with Crippen LogP contribution in [0.15, 0.2) is 182 Å². The van der Waals surface area contributed by atoms with Gasteiger partial charge in [0.25, 0.3) is 0 Å². The van der Waals surface area contributed by atoms with Crippen molar-refractivity contribution in [1.29, 1.82) is 0 Å². The van der Waals surface area contributed by atoms with E-state index in [9.17, 15) is 0 Å². The lowest BCUT2D eigenvalue weighted by Gasteiger charge is -2.19. The molecule has 9 aromatic carbocycles. The fraction of sp³-hybridized carbons (Fsp3) is 0. The van der Waals surface area contributed by atoms with E-state index in [1.165, 1.54) is 86.2 Å². The Hall–Kier alpha value is -6.02. The summed E-state index contributed by atoms with van der Waals surface area (Å²) in [6.45, 7) is 0. The lowest BCUT2D eigenvalue weighted by atomic mass is 9.84. The highest BCUT2D eigenvalue weighted by Crippen LogP contribution is 2.48. The standard InChI is InChI=1S/C48H30S/c1-2-13-33(14-3-1)43-29-37(30-44-38-16-10-11-21-45(38)49-48(43)44)47-41-19-8-6-17-39(41)46(40-18-7-9-20-42(40)47)34-25-22-32(23-26-34)36-27-24-31-12-4-5-15-35(31)28-36/h1-30H/i4D. The maximum absolute atomic E-state index is 7.98. The molecule has 0 fully saturated rings. The zero-order valence-corrected chi connectivity index (χ0v) is 27.5. The normalized spacial score (nSPS) is 12.0. The first-order valence-corrected chi connectivity index (χ1v) is 17.6. The molecule has 228 valence electrons. The van der Waals surface area contributed by atoms with E-state index in [2.05, 4.69) is 158 Å². The second-order valence-corrected chi connectivity index (χ2v) is 13.8. The van der Waals surface area contributed by atoms with E-state index < -0.39 is 0 Å². The van der Waals surface area contributed by atoms with Gasteiger partial charge in [-0.05, 0) is 95.5 Å². The van der Waals surface area contributed by atoms with Crippen LogP contribution >= 0.6 is 11.3 Å². The smallest absolute Gasteiger partial charge is 0.0623 e. The van der Waals surface area contributed by atoms with Crippen LogP contribution in [-0.2, 0) is 0 Å². The average Bonchev–Trinajstić information content (AvgIpc) is 3.55. The van der Waals surface area contributed by atoms with Crippen molar-refractivity contribution in [2.24, 2.45) is 0 Å². The molecule has 10 aromatic rings. The van der Waals surface area contributed by atoms with Crippen molar-refractivity contribution in [3.05, 3.63) is 182 Å². The first kappa shape index (κ1) is 27.0. The minimum atomic E-state index is 0.539. The Bertz CT molecular complexity index is 2860. The van der Waals surface area contributed by atoms with Gasteiger partial charge >= 0.3 is 0 Å². The summed E-state index contributed by atoms with van der Waals surface area (Å²) in [5.41, 5.74) is 9.86. The third kappa shape index (κ3) is 4.58. The first-order chi connectivity index (χ1) is 24.7. The summed E-state index contributed by atoms with van der Waals surface area (Å²) in [5, 5.41) is 9.88. The molecule has 0 amide bonds. The van der Waals surface area contributed by atoms with Crippen LogP contribution < -0.4 is 0 Å². The van der Waals surface area contributed by atoms with Crippen LogP contribution in [0.3, 0.4) is 0 Å². The van der Waals surface area contributed by atoms with Gasteiger partial charge in [-0.15, -0.1) is 11.3 Å². The van der Waals surface area contributed by atoms with Crippen molar-refractivity contribution in [2.45, 2.75) is 0 Å². The first-order valence-electron chi connectivity index (χ1n) is 17.3. The largest absolute Gasteiger partial charge is 0.135 e. The van der Waals surface area contributed by atoms with Crippen LogP contribution in [-0.4, -0.2) is 0 Å². The molecule has 49 heavy (non-hydrogen) atoms. The molecule has 0 radical (unpaired) electrons. The molecule has 0 saturated heterocycles. The highest BCUT2D eigenvalue weighted by molar-refractivity contribution is 7.26. The molecule has 1 heteroatoms. The Kier molecular flexibility index (Phi) is 6.22. The number of thiophene rings is 1. The molecule has 0 nitrogen and oxygen atoms in total. The van der Waals surface area contributed by atoms with E-state index in [1.54, 1.807) is 0 Å². The lowest BCUT2D eigenvalue weighted by molar-refractivity contribution is 1.63.